The van der Waals surface area contributed by atoms with E-state index in [2.05, 4.69) is 17.2 Å². The lowest BCUT2D eigenvalue weighted by Crippen LogP contribution is -2.22. The van der Waals surface area contributed by atoms with Crippen molar-refractivity contribution in [3.63, 3.8) is 0 Å². The van der Waals surface area contributed by atoms with Crippen molar-refractivity contribution >= 4 is 5.69 Å². The highest BCUT2D eigenvalue weighted by Crippen LogP contribution is 2.57. The molecule has 20 heavy (non-hydrogen) atoms. The van der Waals surface area contributed by atoms with Crippen molar-refractivity contribution in [1.29, 1.82) is 0 Å². The first-order chi connectivity index (χ1) is 9.52. The summed E-state index contributed by atoms with van der Waals surface area (Å²) in [5.74, 6) is 5.65. The maximum atomic E-state index is 12.9. The van der Waals surface area contributed by atoms with Crippen molar-refractivity contribution in [2.45, 2.75) is 25.4 Å². The number of alkyl halides is 3. The molecule has 1 aliphatic carbocycles. The van der Waals surface area contributed by atoms with Crippen LogP contribution in [0.4, 0.5) is 18.9 Å². The molecule has 0 spiro atoms. The molecule has 2 aliphatic rings. The van der Waals surface area contributed by atoms with Gasteiger partial charge in [-0.3, -0.25) is 0 Å². The molecule has 0 atom stereocenters. The molecule has 1 aromatic carbocycles. The minimum absolute atomic E-state index is 0.0949. The summed E-state index contributed by atoms with van der Waals surface area (Å²) in [5.41, 5.74) is -0.480. The van der Waals surface area contributed by atoms with Crippen molar-refractivity contribution in [1.82, 2.24) is 0 Å². The van der Waals surface area contributed by atoms with Crippen molar-refractivity contribution in [3.05, 3.63) is 23.8 Å². The Kier molecular flexibility index (Phi) is 3.04. The van der Waals surface area contributed by atoms with Gasteiger partial charge in [0.05, 0.1) is 17.9 Å². The molecule has 1 aliphatic heterocycles. The first-order valence-corrected chi connectivity index (χ1v) is 6.61. The zero-order chi connectivity index (χ0) is 14.2. The molecule has 0 amide bonds. The molecule has 1 saturated carbocycles. The quantitative estimate of drug-likeness (QED) is 0.734. The molecule has 1 aromatic rings. The van der Waals surface area contributed by atoms with Crippen LogP contribution in [0.1, 0.15) is 24.8 Å². The highest BCUT2D eigenvalue weighted by Gasteiger charge is 2.62. The van der Waals surface area contributed by atoms with E-state index in [1.54, 1.807) is 12.1 Å². The SMILES string of the molecule is FC(F)(F)C1(C#Cc2cccc3c2OCCCN3)CC1. The summed E-state index contributed by atoms with van der Waals surface area (Å²) < 4.78 is 44.2. The zero-order valence-electron chi connectivity index (χ0n) is 10.8. The van der Waals surface area contributed by atoms with Crippen LogP contribution in [0.3, 0.4) is 0 Å². The predicted octanol–water partition coefficient (Wildman–Crippen LogP) is 3.58. The third-order valence-corrected chi connectivity index (χ3v) is 3.63. The maximum absolute atomic E-state index is 12.9. The summed E-state index contributed by atoms with van der Waals surface area (Å²) in [7, 11) is 0. The Bertz CT molecular complexity index is 579. The van der Waals surface area contributed by atoms with Crippen LogP contribution in [-0.4, -0.2) is 19.3 Å². The molecule has 0 aromatic heterocycles. The van der Waals surface area contributed by atoms with Gasteiger partial charge >= 0.3 is 6.18 Å². The van der Waals surface area contributed by atoms with E-state index in [0.717, 1.165) is 18.7 Å². The number of hydrogen-bond acceptors (Lipinski definition) is 2. The van der Waals surface area contributed by atoms with E-state index >= 15 is 0 Å². The monoisotopic (exact) mass is 281 g/mol. The number of halogens is 3. The van der Waals surface area contributed by atoms with Crippen molar-refractivity contribution in [2.75, 3.05) is 18.5 Å². The summed E-state index contributed by atoms with van der Waals surface area (Å²) in [6.45, 7) is 1.33. The second-order valence-corrected chi connectivity index (χ2v) is 5.14. The third-order valence-electron chi connectivity index (χ3n) is 3.63. The minimum Gasteiger partial charge on any atom is -0.490 e. The van der Waals surface area contributed by atoms with Crippen LogP contribution in [0, 0.1) is 17.3 Å². The fourth-order valence-corrected chi connectivity index (χ4v) is 2.19. The Balaban J connectivity index is 1.93. The Morgan fingerprint density at radius 1 is 1.25 bits per heavy atom. The van der Waals surface area contributed by atoms with E-state index in [0.29, 0.717) is 17.9 Å². The van der Waals surface area contributed by atoms with Crippen LogP contribution in [0.15, 0.2) is 18.2 Å². The molecule has 0 saturated heterocycles. The molecule has 1 N–H and O–H groups in total. The van der Waals surface area contributed by atoms with Gasteiger partial charge in [-0.1, -0.05) is 17.9 Å². The number of nitrogens with one attached hydrogen (secondary N) is 1. The van der Waals surface area contributed by atoms with Gasteiger partial charge in [0.2, 0.25) is 0 Å². The number of fused-ring (bicyclic) bond motifs is 1. The smallest absolute Gasteiger partial charge is 0.405 e. The topological polar surface area (TPSA) is 21.3 Å². The van der Waals surface area contributed by atoms with E-state index in [9.17, 15) is 13.2 Å². The highest BCUT2D eigenvalue weighted by atomic mass is 19.4. The molecule has 0 bridgehead atoms. The number of hydrogen-bond donors (Lipinski definition) is 1. The lowest BCUT2D eigenvalue weighted by molar-refractivity contribution is -0.168. The molecule has 0 radical (unpaired) electrons. The lowest BCUT2D eigenvalue weighted by Gasteiger charge is -2.12. The first kappa shape index (κ1) is 13.2. The van der Waals surface area contributed by atoms with E-state index in [1.165, 1.54) is 0 Å². The van der Waals surface area contributed by atoms with Crippen molar-refractivity contribution < 1.29 is 17.9 Å². The molecule has 106 valence electrons. The standard InChI is InChI=1S/C15H14F3NO/c16-15(17,18)14(7-8-14)6-5-11-3-1-4-12-13(11)20-10-2-9-19-12/h1,3-4,19H,2,7-10H2. The lowest BCUT2D eigenvalue weighted by atomic mass is 10.1. The second kappa shape index (κ2) is 4.62. The van der Waals surface area contributed by atoms with Crippen LogP contribution in [0.25, 0.3) is 0 Å². The predicted molar refractivity (Wildman–Crippen MR) is 69.6 cm³/mol. The summed E-state index contributed by atoms with van der Waals surface area (Å²) in [6, 6.07) is 5.32. The Labute approximate surface area is 115 Å². The van der Waals surface area contributed by atoms with E-state index < -0.39 is 11.6 Å². The van der Waals surface area contributed by atoms with Gasteiger partial charge in [0.15, 0.2) is 5.75 Å². The molecule has 5 heteroatoms. The van der Waals surface area contributed by atoms with E-state index in [4.69, 9.17) is 4.74 Å². The normalized spacial score (nSPS) is 19.6. The molecule has 0 unspecified atom stereocenters. The Morgan fingerprint density at radius 2 is 2.05 bits per heavy atom. The summed E-state index contributed by atoms with van der Waals surface area (Å²) in [5, 5.41) is 3.19. The fraction of sp³-hybridized carbons (Fsp3) is 0.467. The molecular formula is C15H14F3NO. The van der Waals surface area contributed by atoms with Gasteiger partial charge in [-0.15, -0.1) is 0 Å². The van der Waals surface area contributed by atoms with E-state index in [1.807, 2.05) is 6.07 Å². The van der Waals surface area contributed by atoms with Gasteiger partial charge in [0.1, 0.15) is 5.41 Å². The summed E-state index contributed by atoms with van der Waals surface area (Å²) in [6.07, 6.45) is -3.20. The number of para-hydroxylation sites is 1. The van der Waals surface area contributed by atoms with Gasteiger partial charge in [-0.2, -0.15) is 13.2 Å². The van der Waals surface area contributed by atoms with Crippen molar-refractivity contribution in [2.24, 2.45) is 5.41 Å². The number of ether oxygens (including phenoxy) is 1. The maximum Gasteiger partial charge on any atom is 0.405 e. The van der Waals surface area contributed by atoms with Crippen LogP contribution < -0.4 is 10.1 Å². The van der Waals surface area contributed by atoms with Gasteiger partial charge in [0.25, 0.3) is 0 Å². The molecule has 1 fully saturated rings. The van der Waals surface area contributed by atoms with E-state index in [-0.39, 0.29) is 12.8 Å². The molecule has 2 nitrogen and oxygen atoms in total. The number of benzene rings is 1. The average Bonchev–Trinajstić information content (AvgIpc) is 3.20. The fourth-order valence-electron chi connectivity index (χ4n) is 2.19. The van der Waals surface area contributed by atoms with Crippen LogP contribution in [-0.2, 0) is 0 Å². The minimum atomic E-state index is -4.25. The molecular weight excluding hydrogens is 267 g/mol. The van der Waals surface area contributed by atoms with Crippen molar-refractivity contribution in [3.8, 4) is 17.6 Å². The average molecular weight is 281 g/mol. The number of anilines is 1. The van der Waals surface area contributed by atoms with Crippen LogP contribution >= 0.6 is 0 Å². The third kappa shape index (κ3) is 2.31. The zero-order valence-corrected chi connectivity index (χ0v) is 10.8. The second-order valence-electron chi connectivity index (χ2n) is 5.14. The summed E-state index contributed by atoms with van der Waals surface area (Å²) in [4.78, 5) is 0. The Morgan fingerprint density at radius 3 is 2.75 bits per heavy atom. The first-order valence-electron chi connectivity index (χ1n) is 6.61. The van der Waals surface area contributed by atoms with Gasteiger partial charge in [0, 0.05) is 6.54 Å². The highest BCUT2D eigenvalue weighted by molar-refractivity contribution is 5.65. The molecule has 1 heterocycles. The summed E-state index contributed by atoms with van der Waals surface area (Å²) >= 11 is 0. The van der Waals surface area contributed by atoms with Crippen LogP contribution in [0.5, 0.6) is 5.75 Å². The largest absolute Gasteiger partial charge is 0.490 e. The van der Waals surface area contributed by atoms with Crippen LogP contribution in [0.2, 0.25) is 0 Å². The van der Waals surface area contributed by atoms with Gasteiger partial charge < -0.3 is 10.1 Å². The Hall–Kier alpha value is -1.83. The van der Waals surface area contributed by atoms with Gasteiger partial charge in [-0.05, 0) is 31.4 Å². The number of rotatable bonds is 0. The van der Waals surface area contributed by atoms with Gasteiger partial charge in [-0.25, -0.2) is 0 Å². The molecule has 3 rings (SSSR count).